The van der Waals surface area contributed by atoms with E-state index in [1.54, 1.807) is 48.5 Å². The highest BCUT2D eigenvalue weighted by atomic mass is 32.2. The molecule has 0 aliphatic heterocycles. The van der Waals surface area contributed by atoms with Gasteiger partial charge in [-0.25, -0.2) is 12.8 Å². The second kappa shape index (κ2) is 12.5. The molecule has 0 bridgehead atoms. The fourth-order valence-corrected chi connectivity index (χ4v) is 5.33. The molecule has 0 aliphatic rings. The van der Waals surface area contributed by atoms with Crippen LogP contribution in [0, 0.1) is 15.9 Å². The van der Waals surface area contributed by atoms with E-state index in [-0.39, 0.29) is 18.7 Å². The normalized spacial score (nSPS) is 12.2. The Hall–Kier alpha value is -4.03. The van der Waals surface area contributed by atoms with E-state index in [1.165, 1.54) is 18.5 Å². The van der Waals surface area contributed by atoms with Crippen LogP contribution in [-0.4, -0.2) is 48.7 Å². The lowest BCUT2D eigenvalue weighted by Crippen LogP contribution is -2.33. The van der Waals surface area contributed by atoms with Crippen molar-refractivity contribution in [1.29, 1.82) is 0 Å². The minimum Gasteiger partial charge on any atom is -0.497 e. The van der Waals surface area contributed by atoms with Crippen LogP contribution in [0.2, 0.25) is 0 Å². The Morgan fingerprint density at radius 2 is 1.47 bits per heavy atom. The van der Waals surface area contributed by atoms with Crippen molar-refractivity contribution in [1.82, 2.24) is 4.31 Å². The molecule has 3 aromatic rings. The summed E-state index contributed by atoms with van der Waals surface area (Å²) < 4.78 is 53.0. The molecule has 0 aliphatic carbocycles. The summed E-state index contributed by atoms with van der Waals surface area (Å²) in [5, 5.41) is 20.6. The Bertz CT molecular complexity index is 1330. The predicted molar refractivity (Wildman–Crippen MR) is 137 cm³/mol. The third-order valence-corrected chi connectivity index (χ3v) is 7.76. The molecule has 3 rings (SSSR count). The third-order valence-electron chi connectivity index (χ3n) is 5.96. The fraction of sp³-hybridized carbons (Fsp3) is 0.269. The monoisotopic (exact) mass is 546 g/mol. The van der Waals surface area contributed by atoms with Crippen molar-refractivity contribution >= 4 is 21.7 Å². The van der Waals surface area contributed by atoms with Gasteiger partial charge >= 0.3 is 5.97 Å². The number of sulfonamides is 1. The molecule has 0 saturated heterocycles. The number of hydrogen-bond donors (Lipinski definition) is 1. The third kappa shape index (κ3) is 7.26. The van der Waals surface area contributed by atoms with Crippen LogP contribution in [0.25, 0.3) is 0 Å². The molecule has 0 heterocycles. The first kappa shape index (κ1) is 28.5. The first-order valence-corrected chi connectivity index (χ1v) is 13.0. The summed E-state index contributed by atoms with van der Waals surface area (Å²) in [7, 11) is -1.01. The molecule has 0 aromatic heterocycles. The molecule has 10 nitrogen and oxygen atoms in total. The summed E-state index contributed by atoms with van der Waals surface area (Å²) >= 11 is 0. The number of aliphatic carboxylic acids is 1. The van der Waals surface area contributed by atoms with Crippen molar-refractivity contribution in [2.75, 3.05) is 20.0 Å². The van der Waals surface area contributed by atoms with E-state index < -0.39 is 50.5 Å². The van der Waals surface area contributed by atoms with Crippen LogP contribution in [0.3, 0.4) is 0 Å². The van der Waals surface area contributed by atoms with Gasteiger partial charge in [-0.2, -0.15) is 4.31 Å². The summed E-state index contributed by atoms with van der Waals surface area (Å²) in [6.45, 7) is 0.00394. The molecule has 1 unspecified atom stereocenters. The van der Waals surface area contributed by atoms with Crippen LogP contribution in [-0.2, 0) is 27.9 Å². The molecule has 1 N–H and O–H groups in total. The number of ether oxygens (including phenoxy) is 2. The maximum absolute atomic E-state index is 14.5. The average molecular weight is 547 g/mol. The van der Waals surface area contributed by atoms with Crippen molar-refractivity contribution in [2.45, 2.75) is 25.4 Å². The van der Waals surface area contributed by atoms with Crippen molar-refractivity contribution in [3.8, 4) is 11.5 Å². The summed E-state index contributed by atoms with van der Waals surface area (Å²) in [4.78, 5) is 22.0. The van der Waals surface area contributed by atoms with Crippen LogP contribution in [0.15, 0.2) is 66.7 Å². The Kier molecular flexibility index (Phi) is 9.37. The first-order chi connectivity index (χ1) is 18.0. The van der Waals surface area contributed by atoms with Crippen LogP contribution < -0.4 is 9.47 Å². The number of non-ortho nitro benzene ring substituents is 1. The van der Waals surface area contributed by atoms with Crippen LogP contribution in [0.5, 0.6) is 11.5 Å². The van der Waals surface area contributed by atoms with Gasteiger partial charge in [-0.05, 0) is 47.9 Å². The zero-order valence-corrected chi connectivity index (χ0v) is 21.6. The standard InChI is InChI=1S/C26H27FN2O8S/c1-36-21-8-3-18(4-9-21)16-28(17-19-5-10-22(37-2)11-6-19)38(34,35)14-13-24(26(30)31)23-12-7-20(29(32)33)15-25(23)27/h3-12,15,24H,13-14,16-17H2,1-2H3,(H,30,31). The highest BCUT2D eigenvalue weighted by molar-refractivity contribution is 7.89. The van der Waals surface area contributed by atoms with E-state index in [0.29, 0.717) is 28.7 Å². The van der Waals surface area contributed by atoms with E-state index in [4.69, 9.17) is 9.47 Å². The van der Waals surface area contributed by atoms with Crippen LogP contribution in [0.1, 0.15) is 29.0 Å². The van der Waals surface area contributed by atoms with Gasteiger partial charge in [0.05, 0.1) is 36.9 Å². The van der Waals surface area contributed by atoms with Crippen molar-refractivity contribution in [2.24, 2.45) is 0 Å². The number of carbonyl (C=O) groups is 1. The molecule has 3 aromatic carbocycles. The maximum atomic E-state index is 14.5. The van der Waals surface area contributed by atoms with Gasteiger partial charge in [0.2, 0.25) is 10.0 Å². The molecule has 0 radical (unpaired) electrons. The Labute approximate surface area is 219 Å². The molecule has 0 fully saturated rings. The quantitative estimate of drug-likeness (QED) is 0.247. The molecule has 38 heavy (non-hydrogen) atoms. The Morgan fingerprint density at radius 3 is 1.87 bits per heavy atom. The van der Waals surface area contributed by atoms with Gasteiger partial charge in [-0.15, -0.1) is 0 Å². The van der Waals surface area contributed by atoms with E-state index in [2.05, 4.69) is 0 Å². The summed E-state index contributed by atoms with van der Waals surface area (Å²) in [6, 6.07) is 16.3. The van der Waals surface area contributed by atoms with E-state index in [1.807, 2.05) is 0 Å². The molecule has 202 valence electrons. The van der Waals surface area contributed by atoms with Gasteiger partial charge in [0.15, 0.2) is 0 Å². The molecule has 0 spiro atoms. The molecular formula is C26H27FN2O8S. The van der Waals surface area contributed by atoms with Crippen LogP contribution in [0.4, 0.5) is 10.1 Å². The zero-order chi connectivity index (χ0) is 27.9. The number of nitrogens with zero attached hydrogens (tertiary/aromatic N) is 2. The largest absolute Gasteiger partial charge is 0.497 e. The molecular weight excluding hydrogens is 519 g/mol. The lowest BCUT2D eigenvalue weighted by molar-refractivity contribution is -0.385. The van der Waals surface area contributed by atoms with Gasteiger partial charge in [-0.3, -0.25) is 14.9 Å². The summed E-state index contributed by atoms with van der Waals surface area (Å²) in [5.41, 5.74) is 0.501. The number of nitro benzene ring substituents is 1. The van der Waals surface area contributed by atoms with Crippen molar-refractivity contribution in [3.05, 3.63) is 99.4 Å². The van der Waals surface area contributed by atoms with E-state index in [0.717, 1.165) is 12.1 Å². The van der Waals surface area contributed by atoms with Gasteiger partial charge in [-0.1, -0.05) is 24.3 Å². The lowest BCUT2D eigenvalue weighted by Gasteiger charge is -2.24. The molecule has 0 amide bonds. The zero-order valence-electron chi connectivity index (χ0n) is 20.7. The van der Waals surface area contributed by atoms with Gasteiger partial charge in [0.25, 0.3) is 5.69 Å². The van der Waals surface area contributed by atoms with Crippen molar-refractivity contribution < 1.29 is 37.1 Å². The lowest BCUT2D eigenvalue weighted by atomic mass is 9.96. The number of nitro groups is 1. The molecule has 1 atom stereocenters. The number of hydrogen-bond acceptors (Lipinski definition) is 7. The average Bonchev–Trinajstić information content (AvgIpc) is 2.89. The van der Waals surface area contributed by atoms with Crippen molar-refractivity contribution in [3.63, 3.8) is 0 Å². The highest BCUT2D eigenvalue weighted by Crippen LogP contribution is 2.28. The van der Waals surface area contributed by atoms with E-state index >= 15 is 0 Å². The number of carboxylic acid groups (broad SMARTS) is 1. The number of halogens is 1. The van der Waals surface area contributed by atoms with Gasteiger partial charge in [0, 0.05) is 24.7 Å². The summed E-state index contributed by atoms with van der Waals surface area (Å²) in [6.07, 6.45) is -0.436. The molecule has 12 heteroatoms. The predicted octanol–water partition coefficient (Wildman–Crippen LogP) is 4.34. The SMILES string of the molecule is COc1ccc(CN(Cc2ccc(OC)cc2)S(=O)(=O)CCC(C(=O)O)c2ccc([N+](=O)[O-])cc2F)cc1. The van der Waals surface area contributed by atoms with E-state index in [9.17, 15) is 32.8 Å². The number of methoxy groups -OCH3 is 2. The number of benzene rings is 3. The fourth-order valence-electron chi connectivity index (χ4n) is 3.84. The van der Waals surface area contributed by atoms with Gasteiger partial charge in [0.1, 0.15) is 17.3 Å². The van der Waals surface area contributed by atoms with Gasteiger partial charge < -0.3 is 14.6 Å². The highest BCUT2D eigenvalue weighted by Gasteiger charge is 2.30. The Balaban J connectivity index is 1.86. The Morgan fingerprint density at radius 1 is 0.974 bits per heavy atom. The second-order valence-electron chi connectivity index (χ2n) is 8.42. The number of rotatable bonds is 13. The first-order valence-electron chi connectivity index (χ1n) is 11.4. The topological polar surface area (TPSA) is 136 Å². The van der Waals surface area contributed by atoms with Crippen LogP contribution >= 0.6 is 0 Å². The number of carboxylic acids is 1. The maximum Gasteiger partial charge on any atom is 0.311 e. The smallest absolute Gasteiger partial charge is 0.311 e. The minimum atomic E-state index is -4.04. The summed E-state index contributed by atoms with van der Waals surface area (Å²) in [5.74, 6) is -3.43. The minimum absolute atomic E-state index is 0.00197. The molecule has 0 saturated carbocycles. The second-order valence-corrected chi connectivity index (χ2v) is 10.5.